The lowest BCUT2D eigenvalue weighted by Crippen LogP contribution is -2.34. The molecule has 0 aliphatic heterocycles. The Morgan fingerprint density at radius 2 is 0.690 bits per heavy atom. The Labute approximate surface area is 342 Å². The second-order valence-corrected chi connectivity index (χ2v) is 17.3. The lowest BCUT2D eigenvalue weighted by atomic mass is 9.63. The molecule has 282 valence electrons. The van der Waals surface area contributed by atoms with Crippen molar-refractivity contribution in [1.82, 2.24) is 0 Å². The van der Waals surface area contributed by atoms with E-state index in [4.69, 9.17) is 0 Å². The average Bonchev–Trinajstić information content (AvgIpc) is 3.26. The molecule has 0 unspecified atom stereocenters. The summed E-state index contributed by atoms with van der Waals surface area (Å²) in [5.74, 6) is 0. The van der Waals surface area contributed by atoms with Gasteiger partial charge in [0.25, 0.3) is 0 Å². The number of nitrogens with zero attached hydrogens (tertiary/aromatic N) is 2. The van der Waals surface area contributed by atoms with Crippen LogP contribution in [0.2, 0.25) is 0 Å². The Hall–Kier alpha value is -6.64. The van der Waals surface area contributed by atoms with Gasteiger partial charge in [-0.15, -0.1) is 0 Å². The van der Waals surface area contributed by atoms with E-state index in [1.165, 1.54) is 78.8 Å². The molecular weight excluding hydrogens is 701 g/mol. The van der Waals surface area contributed by atoms with E-state index in [1.807, 2.05) is 0 Å². The SMILES string of the molecule is CC1(C)CCC(C)(C)c2cc(N(c3ccc(-c4ccc(N(c5cccc6ccccc56)c5cccc6ccccc56)cc4)cc3)c3cccc4ccccc34)ccc21. The van der Waals surface area contributed by atoms with Gasteiger partial charge in [-0.3, -0.25) is 0 Å². The van der Waals surface area contributed by atoms with E-state index < -0.39 is 0 Å². The molecule has 0 spiro atoms. The van der Waals surface area contributed by atoms with Crippen molar-refractivity contribution < 1.29 is 0 Å². The molecule has 1 aliphatic rings. The van der Waals surface area contributed by atoms with E-state index in [-0.39, 0.29) is 10.8 Å². The van der Waals surface area contributed by atoms with Gasteiger partial charge in [-0.25, -0.2) is 0 Å². The molecule has 0 N–H and O–H groups in total. The largest absolute Gasteiger partial charge is 0.310 e. The molecule has 0 saturated heterocycles. The summed E-state index contributed by atoms with van der Waals surface area (Å²) in [7, 11) is 0. The van der Waals surface area contributed by atoms with Crippen LogP contribution in [0.4, 0.5) is 34.1 Å². The Balaban J connectivity index is 1.06. The number of fused-ring (bicyclic) bond motifs is 4. The highest BCUT2D eigenvalue weighted by molar-refractivity contribution is 6.05. The molecule has 10 rings (SSSR count). The van der Waals surface area contributed by atoms with Crippen LogP contribution >= 0.6 is 0 Å². The van der Waals surface area contributed by atoms with Crippen LogP contribution in [-0.2, 0) is 10.8 Å². The summed E-state index contributed by atoms with van der Waals surface area (Å²) in [5.41, 5.74) is 12.5. The molecule has 9 aromatic carbocycles. The Kier molecular flexibility index (Phi) is 8.68. The van der Waals surface area contributed by atoms with Crippen molar-refractivity contribution in [3.8, 4) is 11.1 Å². The summed E-state index contributed by atoms with van der Waals surface area (Å²) in [6.45, 7) is 9.63. The molecule has 2 nitrogen and oxygen atoms in total. The van der Waals surface area contributed by atoms with Gasteiger partial charge in [-0.05, 0) is 117 Å². The van der Waals surface area contributed by atoms with Gasteiger partial charge in [-0.1, -0.05) is 167 Å². The van der Waals surface area contributed by atoms with Crippen LogP contribution in [0.15, 0.2) is 194 Å². The summed E-state index contributed by atoms with van der Waals surface area (Å²) in [4.78, 5) is 4.88. The fourth-order valence-corrected chi connectivity index (χ4v) is 9.37. The monoisotopic (exact) mass is 748 g/mol. The quantitative estimate of drug-likeness (QED) is 0.160. The summed E-state index contributed by atoms with van der Waals surface area (Å²) < 4.78 is 0. The number of hydrogen-bond donors (Lipinski definition) is 0. The van der Waals surface area contributed by atoms with Crippen molar-refractivity contribution in [3.63, 3.8) is 0 Å². The van der Waals surface area contributed by atoms with Crippen LogP contribution in [0.1, 0.15) is 51.7 Å². The van der Waals surface area contributed by atoms with Crippen molar-refractivity contribution in [2.75, 3.05) is 9.80 Å². The van der Waals surface area contributed by atoms with Gasteiger partial charge in [0.1, 0.15) is 0 Å². The first kappa shape index (κ1) is 35.8. The van der Waals surface area contributed by atoms with Crippen molar-refractivity contribution in [3.05, 3.63) is 205 Å². The predicted molar refractivity (Wildman–Crippen MR) is 249 cm³/mol. The van der Waals surface area contributed by atoms with E-state index in [2.05, 4.69) is 232 Å². The van der Waals surface area contributed by atoms with Crippen LogP contribution in [-0.4, -0.2) is 0 Å². The summed E-state index contributed by atoms with van der Waals surface area (Å²) >= 11 is 0. The molecule has 0 fully saturated rings. The van der Waals surface area contributed by atoms with E-state index in [9.17, 15) is 0 Å². The van der Waals surface area contributed by atoms with E-state index in [1.54, 1.807) is 0 Å². The zero-order valence-electron chi connectivity index (χ0n) is 33.8. The molecule has 2 heteroatoms. The maximum Gasteiger partial charge on any atom is 0.0540 e. The van der Waals surface area contributed by atoms with Gasteiger partial charge in [0.15, 0.2) is 0 Å². The molecule has 0 amide bonds. The zero-order chi connectivity index (χ0) is 39.4. The molecule has 0 bridgehead atoms. The standard InChI is InChI=1S/C56H48N2/c1-55(2)36-37-56(3,4)51-38-46(34-35-50(51)55)57(52-23-11-17-41-14-5-8-20-47(41)52)44-30-26-39(27-31-44)40-28-32-45(33-29-40)58(53-24-12-18-42-15-6-9-21-48(42)53)54-25-13-19-43-16-7-10-22-49(43)54/h5-35,38H,36-37H2,1-4H3. The van der Waals surface area contributed by atoms with Crippen molar-refractivity contribution in [1.29, 1.82) is 0 Å². The number of anilines is 6. The van der Waals surface area contributed by atoms with Crippen LogP contribution < -0.4 is 9.80 Å². The molecule has 0 heterocycles. The van der Waals surface area contributed by atoms with Crippen molar-refractivity contribution >= 4 is 66.4 Å². The highest BCUT2D eigenvalue weighted by Gasteiger charge is 2.37. The smallest absolute Gasteiger partial charge is 0.0540 e. The minimum absolute atomic E-state index is 0.109. The molecule has 9 aromatic rings. The number of hydrogen-bond acceptors (Lipinski definition) is 2. The first-order chi connectivity index (χ1) is 28.2. The zero-order valence-corrected chi connectivity index (χ0v) is 33.8. The lowest BCUT2D eigenvalue weighted by molar-refractivity contribution is 0.332. The van der Waals surface area contributed by atoms with Crippen LogP contribution in [0.5, 0.6) is 0 Å². The van der Waals surface area contributed by atoms with Gasteiger partial charge in [0.2, 0.25) is 0 Å². The summed E-state index contributed by atoms with van der Waals surface area (Å²) in [6, 6.07) is 71.4. The molecule has 0 radical (unpaired) electrons. The van der Waals surface area contributed by atoms with Gasteiger partial charge >= 0.3 is 0 Å². The maximum absolute atomic E-state index is 2.47. The van der Waals surface area contributed by atoms with Crippen molar-refractivity contribution in [2.24, 2.45) is 0 Å². The second kappa shape index (κ2) is 14.1. The first-order valence-electron chi connectivity index (χ1n) is 20.6. The third kappa shape index (κ3) is 6.21. The van der Waals surface area contributed by atoms with Crippen LogP contribution in [0, 0.1) is 0 Å². The maximum atomic E-state index is 2.47. The molecule has 58 heavy (non-hydrogen) atoms. The topological polar surface area (TPSA) is 6.48 Å². The predicted octanol–water partition coefficient (Wildman–Crippen LogP) is 16.1. The van der Waals surface area contributed by atoms with E-state index in [0.29, 0.717) is 0 Å². The molecule has 0 aromatic heterocycles. The highest BCUT2D eigenvalue weighted by atomic mass is 15.1. The second-order valence-electron chi connectivity index (χ2n) is 17.3. The van der Waals surface area contributed by atoms with Gasteiger partial charge < -0.3 is 9.80 Å². The van der Waals surface area contributed by atoms with Gasteiger partial charge in [0.05, 0.1) is 17.1 Å². The van der Waals surface area contributed by atoms with E-state index >= 15 is 0 Å². The van der Waals surface area contributed by atoms with Crippen LogP contribution in [0.3, 0.4) is 0 Å². The van der Waals surface area contributed by atoms with Crippen molar-refractivity contribution in [2.45, 2.75) is 51.4 Å². The van der Waals surface area contributed by atoms with Crippen LogP contribution in [0.25, 0.3) is 43.4 Å². The fraction of sp³-hybridized carbons (Fsp3) is 0.143. The number of rotatable bonds is 7. The first-order valence-corrected chi connectivity index (χ1v) is 20.6. The normalized spacial score (nSPS) is 14.3. The third-order valence-electron chi connectivity index (χ3n) is 12.7. The molecule has 0 atom stereocenters. The Morgan fingerprint density at radius 3 is 1.16 bits per heavy atom. The minimum atomic E-state index is 0.109. The fourth-order valence-electron chi connectivity index (χ4n) is 9.37. The third-order valence-corrected chi connectivity index (χ3v) is 12.7. The molecule has 0 saturated carbocycles. The Bertz CT molecular complexity index is 2860. The summed E-state index contributed by atoms with van der Waals surface area (Å²) in [5, 5.41) is 7.37. The average molecular weight is 749 g/mol. The Morgan fingerprint density at radius 1 is 0.328 bits per heavy atom. The lowest BCUT2D eigenvalue weighted by Gasteiger charge is -2.42. The van der Waals surface area contributed by atoms with Gasteiger partial charge in [-0.2, -0.15) is 0 Å². The minimum Gasteiger partial charge on any atom is -0.310 e. The number of benzene rings is 9. The summed E-state index contributed by atoms with van der Waals surface area (Å²) in [6.07, 6.45) is 2.38. The van der Waals surface area contributed by atoms with E-state index in [0.717, 1.165) is 22.7 Å². The molecule has 1 aliphatic carbocycles. The molecular formula is C56H48N2. The highest BCUT2D eigenvalue weighted by Crippen LogP contribution is 2.49. The van der Waals surface area contributed by atoms with Gasteiger partial charge in [0, 0.05) is 33.2 Å².